The number of anilines is 1. The van der Waals surface area contributed by atoms with Crippen LogP contribution in [0.5, 0.6) is 0 Å². The first kappa shape index (κ1) is 11.7. The smallest absolute Gasteiger partial charge is 0.234 e. The lowest BCUT2D eigenvalue weighted by Crippen LogP contribution is -2.21. The molecule has 0 spiro atoms. The molecule has 0 aliphatic carbocycles. The Hall–Kier alpha value is -0.330. The van der Waals surface area contributed by atoms with Crippen LogP contribution in [0.3, 0.4) is 0 Å². The lowest BCUT2D eigenvalue weighted by atomic mass is 10.3. The molecular formula is C7H11ClN2O2S2. The summed E-state index contributed by atoms with van der Waals surface area (Å²) in [7, 11) is -3.30. The van der Waals surface area contributed by atoms with E-state index < -0.39 is 10.0 Å². The van der Waals surface area contributed by atoms with E-state index in [0.29, 0.717) is 11.0 Å². The van der Waals surface area contributed by atoms with E-state index in [2.05, 4.69) is 9.71 Å². The van der Waals surface area contributed by atoms with Gasteiger partial charge in [0.1, 0.15) is 0 Å². The molecule has 4 nitrogen and oxygen atoms in total. The van der Waals surface area contributed by atoms with Crippen LogP contribution in [-0.2, 0) is 10.0 Å². The molecule has 1 unspecified atom stereocenters. The van der Waals surface area contributed by atoms with Gasteiger partial charge < -0.3 is 0 Å². The van der Waals surface area contributed by atoms with Gasteiger partial charge in [0.15, 0.2) is 5.13 Å². The number of hydrogen-bond donors (Lipinski definition) is 1. The van der Waals surface area contributed by atoms with Crippen molar-refractivity contribution in [3.05, 3.63) is 11.6 Å². The quantitative estimate of drug-likeness (QED) is 0.815. The zero-order chi connectivity index (χ0) is 10.6. The van der Waals surface area contributed by atoms with Gasteiger partial charge in [0.2, 0.25) is 10.0 Å². The van der Waals surface area contributed by atoms with E-state index in [9.17, 15) is 8.42 Å². The van der Waals surface area contributed by atoms with Crippen LogP contribution >= 0.6 is 22.9 Å². The molecule has 0 aromatic carbocycles. The van der Waals surface area contributed by atoms with Gasteiger partial charge in [-0.2, -0.15) is 0 Å². The number of halogens is 1. The molecule has 0 saturated carbocycles. The molecule has 1 aromatic rings. The topological polar surface area (TPSA) is 59.1 Å². The molecule has 1 heterocycles. The fraction of sp³-hybridized carbons (Fsp3) is 0.571. The van der Waals surface area contributed by atoms with Crippen molar-refractivity contribution in [2.24, 2.45) is 5.92 Å². The molecule has 0 amide bonds. The normalized spacial score (nSPS) is 13.9. The van der Waals surface area contributed by atoms with Crippen LogP contribution in [0.1, 0.15) is 6.92 Å². The molecule has 14 heavy (non-hydrogen) atoms. The van der Waals surface area contributed by atoms with Crippen molar-refractivity contribution in [2.45, 2.75) is 6.92 Å². The second-order valence-corrected chi connectivity index (χ2v) is 5.95. The van der Waals surface area contributed by atoms with Crippen LogP contribution in [0.15, 0.2) is 11.6 Å². The van der Waals surface area contributed by atoms with Crippen LogP contribution < -0.4 is 4.72 Å². The van der Waals surface area contributed by atoms with Crippen LogP contribution in [0.2, 0.25) is 0 Å². The van der Waals surface area contributed by atoms with Crippen molar-refractivity contribution >= 4 is 38.1 Å². The summed E-state index contributed by atoms with van der Waals surface area (Å²) in [6.45, 7) is 1.79. The largest absolute Gasteiger partial charge is 0.259 e. The van der Waals surface area contributed by atoms with Gasteiger partial charge in [0.25, 0.3) is 0 Å². The minimum atomic E-state index is -3.30. The Morgan fingerprint density at radius 1 is 1.71 bits per heavy atom. The summed E-state index contributed by atoms with van der Waals surface area (Å²) in [4.78, 5) is 3.83. The Balaban J connectivity index is 2.59. The van der Waals surface area contributed by atoms with Crippen LogP contribution in [0.4, 0.5) is 5.13 Å². The highest BCUT2D eigenvalue weighted by Crippen LogP contribution is 2.14. The predicted molar refractivity (Wildman–Crippen MR) is 59.4 cm³/mol. The molecule has 0 aliphatic rings. The predicted octanol–water partition coefficient (Wildman–Crippen LogP) is 1.76. The van der Waals surface area contributed by atoms with Gasteiger partial charge in [-0.05, 0) is 5.92 Å². The Morgan fingerprint density at radius 2 is 2.43 bits per heavy atom. The average molecular weight is 255 g/mol. The van der Waals surface area contributed by atoms with Gasteiger partial charge in [0, 0.05) is 17.5 Å². The maximum absolute atomic E-state index is 11.5. The van der Waals surface area contributed by atoms with Gasteiger partial charge in [-0.25, -0.2) is 13.4 Å². The summed E-state index contributed by atoms with van der Waals surface area (Å²) in [6.07, 6.45) is 1.55. The first-order valence-electron chi connectivity index (χ1n) is 3.99. The number of rotatable bonds is 5. The van der Waals surface area contributed by atoms with E-state index in [1.807, 2.05) is 0 Å². The summed E-state index contributed by atoms with van der Waals surface area (Å²) in [5.74, 6) is 0.295. The van der Waals surface area contributed by atoms with E-state index in [0.717, 1.165) is 0 Å². The minimum absolute atomic E-state index is 0.0239. The summed E-state index contributed by atoms with van der Waals surface area (Å²) < 4.78 is 25.3. The first-order chi connectivity index (χ1) is 6.53. The number of nitrogens with zero attached hydrogens (tertiary/aromatic N) is 1. The zero-order valence-corrected chi connectivity index (χ0v) is 9.99. The number of aromatic nitrogens is 1. The van der Waals surface area contributed by atoms with Crippen LogP contribution in [-0.4, -0.2) is 25.0 Å². The molecular weight excluding hydrogens is 244 g/mol. The fourth-order valence-corrected chi connectivity index (χ4v) is 3.32. The van der Waals surface area contributed by atoms with Crippen molar-refractivity contribution in [1.29, 1.82) is 0 Å². The average Bonchev–Trinajstić information content (AvgIpc) is 2.54. The van der Waals surface area contributed by atoms with Crippen molar-refractivity contribution in [3.8, 4) is 0 Å². The first-order valence-corrected chi connectivity index (χ1v) is 7.06. The fourth-order valence-electron chi connectivity index (χ4n) is 0.868. The summed E-state index contributed by atoms with van der Waals surface area (Å²) in [5, 5.41) is 2.11. The third-order valence-corrected chi connectivity index (χ3v) is 4.30. The molecule has 1 atom stereocenters. The second kappa shape index (κ2) is 4.95. The van der Waals surface area contributed by atoms with Crippen LogP contribution in [0.25, 0.3) is 0 Å². The van der Waals surface area contributed by atoms with E-state index in [1.165, 1.54) is 11.3 Å². The number of hydrogen-bond acceptors (Lipinski definition) is 4. The molecule has 0 bridgehead atoms. The zero-order valence-electron chi connectivity index (χ0n) is 7.60. The molecule has 0 aliphatic heterocycles. The second-order valence-electron chi connectivity index (χ2n) is 2.98. The third kappa shape index (κ3) is 3.81. The summed E-state index contributed by atoms with van der Waals surface area (Å²) in [6, 6.07) is 0. The number of nitrogens with one attached hydrogen (secondary N) is 1. The van der Waals surface area contributed by atoms with E-state index in [1.54, 1.807) is 18.5 Å². The Bertz CT molecular complexity index is 363. The van der Waals surface area contributed by atoms with E-state index >= 15 is 0 Å². The highest BCUT2D eigenvalue weighted by atomic mass is 35.5. The summed E-state index contributed by atoms with van der Waals surface area (Å²) in [5.41, 5.74) is 0. The van der Waals surface area contributed by atoms with E-state index in [-0.39, 0.29) is 11.7 Å². The SMILES string of the molecule is CC(CCl)CS(=O)(=O)Nc1nccs1. The number of thiazole rings is 1. The Morgan fingerprint density at radius 3 is 2.93 bits per heavy atom. The molecule has 7 heteroatoms. The third-order valence-electron chi connectivity index (χ3n) is 1.44. The molecule has 1 aromatic heterocycles. The maximum atomic E-state index is 11.5. The van der Waals surface area contributed by atoms with Gasteiger partial charge in [0.05, 0.1) is 5.75 Å². The molecule has 80 valence electrons. The monoisotopic (exact) mass is 254 g/mol. The van der Waals surface area contributed by atoms with Crippen LogP contribution in [0, 0.1) is 5.92 Å². The number of alkyl halides is 1. The summed E-state index contributed by atoms with van der Waals surface area (Å²) >= 11 is 6.78. The molecule has 1 N–H and O–H groups in total. The number of sulfonamides is 1. The van der Waals surface area contributed by atoms with Gasteiger partial charge in [-0.15, -0.1) is 22.9 Å². The maximum Gasteiger partial charge on any atom is 0.234 e. The molecule has 0 saturated heterocycles. The Labute approximate surface area is 92.4 Å². The lowest BCUT2D eigenvalue weighted by Gasteiger charge is -2.08. The van der Waals surface area contributed by atoms with E-state index in [4.69, 9.17) is 11.6 Å². The van der Waals surface area contributed by atoms with Gasteiger partial charge >= 0.3 is 0 Å². The van der Waals surface area contributed by atoms with Gasteiger partial charge in [-0.3, -0.25) is 4.72 Å². The van der Waals surface area contributed by atoms with Crippen molar-refractivity contribution in [2.75, 3.05) is 16.4 Å². The van der Waals surface area contributed by atoms with Crippen molar-refractivity contribution < 1.29 is 8.42 Å². The Kier molecular flexibility index (Phi) is 4.15. The van der Waals surface area contributed by atoms with Crippen molar-refractivity contribution in [3.63, 3.8) is 0 Å². The molecule has 0 radical (unpaired) electrons. The highest BCUT2D eigenvalue weighted by molar-refractivity contribution is 7.92. The molecule has 1 rings (SSSR count). The minimum Gasteiger partial charge on any atom is -0.259 e. The van der Waals surface area contributed by atoms with Crippen molar-refractivity contribution in [1.82, 2.24) is 4.98 Å². The standard InChI is InChI=1S/C7H11ClN2O2S2/c1-6(4-8)5-14(11,12)10-7-9-2-3-13-7/h2-3,6H,4-5H2,1H3,(H,9,10). The molecule has 0 fully saturated rings. The highest BCUT2D eigenvalue weighted by Gasteiger charge is 2.15. The lowest BCUT2D eigenvalue weighted by molar-refractivity contribution is 0.588. The van der Waals surface area contributed by atoms with Gasteiger partial charge in [-0.1, -0.05) is 6.92 Å².